The molecule has 5 N–H and O–H groups in total. The van der Waals surface area contributed by atoms with Crippen molar-refractivity contribution in [3.63, 3.8) is 0 Å². The maximum Gasteiger partial charge on any atom is 0.223 e. The Kier molecular flexibility index (Phi) is 3.81. The fraction of sp³-hybridized carbons (Fsp3) is 0.312. The SMILES string of the molecule is Nc1cc(NCCNC(=O)C2CC2)c2sc(-c3ccn[nH]3)cc2n1. The summed E-state index contributed by atoms with van der Waals surface area (Å²) in [4.78, 5) is 17.1. The molecule has 1 amide bonds. The van der Waals surface area contributed by atoms with Crippen molar-refractivity contribution in [1.29, 1.82) is 0 Å². The van der Waals surface area contributed by atoms with E-state index in [4.69, 9.17) is 5.73 Å². The monoisotopic (exact) mass is 342 g/mol. The zero-order chi connectivity index (χ0) is 16.5. The van der Waals surface area contributed by atoms with Gasteiger partial charge in [0.05, 0.1) is 26.5 Å². The first-order valence-corrected chi connectivity index (χ1v) is 8.74. The zero-order valence-electron chi connectivity index (χ0n) is 13.0. The number of aromatic nitrogens is 3. The fourth-order valence-corrected chi connectivity index (χ4v) is 3.64. The average Bonchev–Trinajstić information content (AvgIpc) is 3.10. The van der Waals surface area contributed by atoms with Crippen LogP contribution in [0.4, 0.5) is 11.5 Å². The van der Waals surface area contributed by atoms with Crippen LogP contribution in [0.5, 0.6) is 0 Å². The third-order valence-corrected chi connectivity index (χ3v) is 5.14. The number of hydrogen-bond acceptors (Lipinski definition) is 6. The van der Waals surface area contributed by atoms with Gasteiger partial charge in [-0.3, -0.25) is 9.89 Å². The van der Waals surface area contributed by atoms with Gasteiger partial charge in [0, 0.05) is 31.3 Å². The number of thiophene rings is 1. The highest BCUT2D eigenvalue weighted by atomic mass is 32.1. The van der Waals surface area contributed by atoms with Crippen molar-refractivity contribution in [1.82, 2.24) is 20.5 Å². The van der Waals surface area contributed by atoms with Crippen molar-refractivity contribution in [2.24, 2.45) is 5.92 Å². The molecule has 4 rings (SSSR count). The first kappa shape index (κ1) is 14.9. The van der Waals surface area contributed by atoms with Crippen LogP contribution in [0, 0.1) is 5.92 Å². The van der Waals surface area contributed by atoms with Crippen LogP contribution in [-0.4, -0.2) is 34.2 Å². The summed E-state index contributed by atoms with van der Waals surface area (Å²) < 4.78 is 1.04. The standard InChI is InChI=1S/C16H18N6OS/c17-14-8-11(18-5-6-19-16(23)9-1-2-9)15-12(21-14)7-13(24-15)10-3-4-20-22-10/h3-4,7-9H,1-2,5-6H2,(H,19,23)(H,20,22)(H3,17,18,21). The van der Waals surface area contributed by atoms with Crippen molar-refractivity contribution in [2.45, 2.75) is 12.8 Å². The number of H-pyrrole nitrogens is 1. The normalized spacial score (nSPS) is 14.0. The number of anilines is 2. The molecule has 0 unspecified atom stereocenters. The molecule has 24 heavy (non-hydrogen) atoms. The molecule has 1 saturated carbocycles. The number of rotatable bonds is 6. The first-order chi connectivity index (χ1) is 11.7. The Morgan fingerprint density at radius 1 is 1.38 bits per heavy atom. The van der Waals surface area contributed by atoms with Crippen LogP contribution >= 0.6 is 11.3 Å². The lowest BCUT2D eigenvalue weighted by Gasteiger charge is -2.09. The summed E-state index contributed by atoms with van der Waals surface area (Å²) in [6.07, 6.45) is 3.77. The van der Waals surface area contributed by atoms with Gasteiger partial charge in [0.1, 0.15) is 5.82 Å². The minimum absolute atomic E-state index is 0.161. The lowest BCUT2D eigenvalue weighted by Crippen LogP contribution is -2.29. The summed E-state index contributed by atoms with van der Waals surface area (Å²) in [5, 5.41) is 13.2. The van der Waals surface area contributed by atoms with Gasteiger partial charge < -0.3 is 16.4 Å². The van der Waals surface area contributed by atoms with Crippen molar-refractivity contribution >= 4 is 39.0 Å². The van der Waals surface area contributed by atoms with E-state index < -0.39 is 0 Å². The second-order valence-corrected chi connectivity index (χ2v) is 6.93. The number of nitrogen functional groups attached to an aromatic ring is 1. The lowest BCUT2D eigenvalue weighted by molar-refractivity contribution is -0.122. The van der Waals surface area contributed by atoms with Gasteiger partial charge in [-0.25, -0.2) is 4.98 Å². The molecule has 0 bridgehead atoms. The molecule has 7 nitrogen and oxygen atoms in total. The van der Waals surface area contributed by atoms with Gasteiger partial charge in [-0.15, -0.1) is 11.3 Å². The predicted molar refractivity (Wildman–Crippen MR) is 95.8 cm³/mol. The molecule has 3 aromatic rings. The topological polar surface area (TPSA) is 109 Å². The Morgan fingerprint density at radius 2 is 2.25 bits per heavy atom. The number of carbonyl (C=O) groups excluding carboxylic acids is 1. The Labute approximate surface area is 142 Å². The van der Waals surface area contributed by atoms with E-state index in [2.05, 4.69) is 25.8 Å². The molecule has 0 aromatic carbocycles. The van der Waals surface area contributed by atoms with Gasteiger partial charge in [0.25, 0.3) is 0 Å². The number of carbonyl (C=O) groups is 1. The van der Waals surface area contributed by atoms with Gasteiger partial charge in [-0.2, -0.15) is 5.10 Å². The van der Waals surface area contributed by atoms with Crippen LogP contribution in [0.3, 0.4) is 0 Å². The van der Waals surface area contributed by atoms with E-state index >= 15 is 0 Å². The van der Waals surface area contributed by atoms with E-state index in [1.54, 1.807) is 17.5 Å². The van der Waals surface area contributed by atoms with E-state index in [-0.39, 0.29) is 11.8 Å². The Hall–Kier alpha value is -2.61. The average molecular weight is 342 g/mol. The van der Waals surface area contributed by atoms with Gasteiger partial charge >= 0.3 is 0 Å². The molecule has 3 aromatic heterocycles. The van der Waals surface area contributed by atoms with Crippen LogP contribution in [0.1, 0.15) is 12.8 Å². The number of nitrogens with zero attached hydrogens (tertiary/aromatic N) is 2. The molecule has 0 saturated heterocycles. The summed E-state index contributed by atoms with van der Waals surface area (Å²) in [6, 6.07) is 5.76. The second kappa shape index (κ2) is 6.12. The maximum atomic E-state index is 11.6. The van der Waals surface area contributed by atoms with Crippen LogP contribution in [0.25, 0.3) is 20.8 Å². The summed E-state index contributed by atoms with van der Waals surface area (Å²) in [7, 11) is 0. The number of nitrogens with one attached hydrogen (secondary N) is 3. The number of fused-ring (bicyclic) bond motifs is 1. The highest BCUT2D eigenvalue weighted by Crippen LogP contribution is 2.36. The molecule has 3 heterocycles. The smallest absolute Gasteiger partial charge is 0.223 e. The minimum Gasteiger partial charge on any atom is -0.384 e. The molecular weight excluding hydrogens is 324 g/mol. The summed E-state index contributed by atoms with van der Waals surface area (Å²) in [5.74, 6) is 0.873. The molecule has 0 aliphatic heterocycles. The van der Waals surface area contributed by atoms with E-state index in [1.807, 2.05) is 18.2 Å². The zero-order valence-corrected chi connectivity index (χ0v) is 13.8. The highest BCUT2D eigenvalue weighted by Gasteiger charge is 2.28. The summed E-state index contributed by atoms with van der Waals surface area (Å²) >= 11 is 1.63. The third kappa shape index (κ3) is 3.05. The van der Waals surface area contributed by atoms with E-state index in [9.17, 15) is 4.79 Å². The molecule has 8 heteroatoms. The van der Waals surface area contributed by atoms with Gasteiger partial charge in [0.15, 0.2) is 0 Å². The van der Waals surface area contributed by atoms with Crippen molar-refractivity contribution in [3.05, 3.63) is 24.4 Å². The molecule has 0 atom stereocenters. The molecule has 0 radical (unpaired) electrons. The fourth-order valence-electron chi connectivity index (χ4n) is 2.57. The van der Waals surface area contributed by atoms with E-state index in [0.717, 1.165) is 39.3 Å². The predicted octanol–water partition coefficient (Wildman–Crippen LogP) is 2.21. The summed E-state index contributed by atoms with van der Waals surface area (Å²) in [6.45, 7) is 1.24. The summed E-state index contributed by atoms with van der Waals surface area (Å²) in [5.41, 5.74) is 8.67. The van der Waals surface area contributed by atoms with Gasteiger partial charge in [-0.1, -0.05) is 0 Å². The number of hydrogen-bond donors (Lipinski definition) is 4. The maximum absolute atomic E-state index is 11.6. The van der Waals surface area contributed by atoms with Gasteiger partial charge in [-0.05, 0) is 25.0 Å². The Bertz CT molecular complexity index is 868. The van der Waals surface area contributed by atoms with Crippen molar-refractivity contribution in [2.75, 3.05) is 24.1 Å². The van der Waals surface area contributed by atoms with E-state index in [1.165, 1.54) is 0 Å². The largest absolute Gasteiger partial charge is 0.384 e. The molecule has 124 valence electrons. The number of nitrogens with two attached hydrogens (primary N) is 1. The lowest BCUT2D eigenvalue weighted by atomic mass is 10.3. The minimum atomic E-state index is 0.161. The molecule has 1 aliphatic rings. The quantitative estimate of drug-likeness (QED) is 0.514. The van der Waals surface area contributed by atoms with Crippen molar-refractivity contribution < 1.29 is 4.79 Å². The second-order valence-electron chi connectivity index (χ2n) is 5.88. The molecule has 0 spiro atoms. The number of amides is 1. The highest BCUT2D eigenvalue weighted by molar-refractivity contribution is 7.22. The molecule has 1 fully saturated rings. The first-order valence-electron chi connectivity index (χ1n) is 7.92. The van der Waals surface area contributed by atoms with Crippen molar-refractivity contribution in [3.8, 4) is 10.6 Å². The number of aromatic amines is 1. The van der Waals surface area contributed by atoms with Gasteiger partial charge in [0.2, 0.25) is 5.91 Å². The number of pyridine rings is 1. The van der Waals surface area contributed by atoms with Crippen LogP contribution in [0.2, 0.25) is 0 Å². The Balaban J connectivity index is 1.50. The van der Waals surface area contributed by atoms with E-state index in [0.29, 0.717) is 18.9 Å². The Morgan fingerprint density at radius 3 is 3.00 bits per heavy atom. The molecule has 1 aliphatic carbocycles. The van der Waals surface area contributed by atoms with Crippen LogP contribution in [0.15, 0.2) is 24.4 Å². The van der Waals surface area contributed by atoms with Crippen LogP contribution in [-0.2, 0) is 4.79 Å². The molecular formula is C16H18N6OS. The third-order valence-electron chi connectivity index (χ3n) is 3.95. The van der Waals surface area contributed by atoms with Crippen LogP contribution < -0.4 is 16.4 Å².